The van der Waals surface area contributed by atoms with Crippen LogP contribution in [0.3, 0.4) is 0 Å². The molecule has 0 aliphatic carbocycles. The van der Waals surface area contributed by atoms with Gasteiger partial charge >= 0.3 is 0 Å². The molecule has 0 atom stereocenters. The van der Waals surface area contributed by atoms with E-state index in [4.69, 9.17) is 5.73 Å². The van der Waals surface area contributed by atoms with Crippen molar-refractivity contribution in [1.82, 2.24) is 19.9 Å². The molecule has 16 heavy (non-hydrogen) atoms. The van der Waals surface area contributed by atoms with E-state index in [9.17, 15) is 4.79 Å². The van der Waals surface area contributed by atoms with Gasteiger partial charge < -0.3 is 11.1 Å². The third-order valence-electron chi connectivity index (χ3n) is 2.25. The molecule has 0 fully saturated rings. The number of carbonyl (C=O) groups excluding carboxylic acids is 1. The average molecular weight is 219 g/mol. The molecule has 0 radical (unpaired) electrons. The third kappa shape index (κ3) is 1.87. The first-order chi connectivity index (χ1) is 7.72. The number of nitrogens with two attached hydrogens (primary N) is 1. The molecule has 0 aromatic carbocycles. The topological polar surface area (TPSA) is 85.3 Å². The molecule has 0 spiro atoms. The van der Waals surface area contributed by atoms with E-state index < -0.39 is 5.91 Å². The summed E-state index contributed by atoms with van der Waals surface area (Å²) in [7, 11) is 0. The molecular weight excluding hydrogens is 206 g/mol. The summed E-state index contributed by atoms with van der Waals surface area (Å²) in [5.74, 6) is -0.512. The van der Waals surface area contributed by atoms with Gasteiger partial charge in [0.05, 0.1) is 6.20 Å². The van der Waals surface area contributed by atoms with Crippen molar-refractivity contribution in [3.8, 4) is 0 Å². The summed E-state index contributed by atoms with van der Waals surface area (Å²) < 4.78 is 1.56. The lowest BCUT2D eigenvalue weighted by molar-refractivity contribution is 0.100. The Bertz CT molecular complexity index is 519. The number of primary amides is 1. The number of hydrogen-bond acceptors (Lipinski definition) is 4. The summed E-state index contributed by atoms with van der Waals surface area (Å²) in [5.41, 5.74) is 7.04. The number of amides is 1. The first-order valence-corrected chi connectivity index (χ1v) is 5.05. The SMILES string of the molecule is CCNCc1cnc2c(C(N)=O)cnn2c1. The molecule has 6 nitrogen and oxygen atoms in total. The Labute approximate surface area is 92.5 Å². The van der Waals surface area contributed by atoms with Gasteiger partial charge in [-0.25, -0.2) is 9.50 Å². The molecule has 0 aliphatic rings. The van der Waals surface area contributed by atoms with E-state index in [0.717, 1.165) is 18.7 Å². The second-order valence-electron chi connectivity index (χ2n) is 3.43. The van der Waals surface area contributed by atoms with Crippen molar-refractivity contribution in [2.45, 2.75) is 13.5 Å². The van der Waals surface area contributed by atoms with E-state index in [1.807, 2.05) is 13.1 Å². The molecule has 2 rings (SSSR count). The molecule has 84 valence electrons. The fraction of sp³-hybridized carbons (Fsp3) is 0.300. The lowest BCUT2D eigenvalue weighted by Crippen LogP contribution is -2.13. The van der Waals surface area contributed by atoms with Crippen molar-refractivity contribution in [3.63, 3.8) is 0 Å². The van der Waals surface area contributed by atoms with E-state index in [1.165, 1.54) is 6.20 Å². The highest BCUT2D eigenvalue weighted by molar-refractivity contribution is 5.98. The van der Waals surface area contributed by atoms with Gasteiger partial charge in [-0.3, -0.25) is 4.79 Å². The van der Waals surface area contributed by atoms with Crippen LogP contribution in [0.1, 0.15) is 22.8 Å². The predicted molar refractivity (Wildman–Crippen MR) is 58.9 cm³/mol. The monoisotopic (exact) mass is 219 g/mol. The van der Waals surface area contributed by atoms with Crippen molar-refractivity contribution in [2.24, 2.45) is 5.73 Å². The Morgan fingerprint density at radius 2 is 2.38 bits per heavy atom. The molecule has 0 aliphatic heterocycles. The Hall–Kier alpha value is -1.95. The molecule has 0 saturated heterocycles. The standard InChI is InChI=1S/C10H13N5O/c1-2-12-3-7-4-13-10-8(9(11)16)5-14-15(10)6-7/h4-6,12H,2-3H2,1H3,(H2,11,16). The van der Waals surface area contributed by atoms with Gasteiger partial charge in [-0.05, 0) is 6.54 Å². The zero-order valence-corrected chi connectivity index (χ0v) is 8.97. The van der Waals surface area contributed by atoms with Gasteiger partial charge in [0.2, 0.25) is 0 Å². The minimum Gasteiger partial charge on any atom is -0.365 e. The summed E-state index contributed by atoms with van der Waals surface area (Å²) in [6.45, 7) is 3.65. The Kier molecular flexibility index (Phi) is 2.82. The second kappa shape index (κ2) is 4.28. The number of aromatic nitrogens is 3. The number of nitrogens with zero attached hydrogens (tertiary/aromatic N) is 3. The van der Waals surface area contributed by atoms with Crippen molar-refractivity contribution >= 4 is 11.6 Å². The molecular formula is C10H13N5O. The van der Waals surface area contributed by atoms with Gasteiger partial charge in [0.15, 0.2) is 5.65 Å². The van der Waals surface area contributed by atoms with Crippen molar-refractivity contribution in [3.05, 3.63) is 29.7 Å². The van der Waals surface area contributed by atoms with Crippen LogP contribution >= 0.6 is 0 Å². The van der Waals surface area contributed by atoms with Crippen molar-refractivity contribution in [1.29, 1.82) is 0 Å². The van der Waals surface area contributed by atoms with Crippen LogP contribution in [-0.2, 0) is 6.54 Å². The van der Waals surface area contributed by atoms with Gasteiger partial charge in [-0.2, -0.15) is 5.10 Å². The number of rotatable bonds is 4. The highest BCUT2D eigenvalue weighted by atomic mass is 16.1. The van der Waals surface area contributed by atoms with Gasteiger partial charge in [0.1, 0.15) is 5.56 Å². The summed E-state index contributed by atoms with van der Waals surface area (Å²) in [4.78, 5) is 15.2. The van der Waals surface area contributed by atoms with Gasteiger partial charge in [0.25, 0.3) is 5.91 Å². The first-order valence-electron chi connectivity index (χ1n) is 5.05. The van der Waals surface area contributed by atoms with E-state index in [1.54, 1.807) is 10.7 Å². The number of carbonyl (C=O) groups is 1. The van der Waals surface area contributed by atoms with Crippen LogP contribution in [0.5, 0.6) is 0 Å². The van der Waals surface area contributed by atoms with Crippen molar-refractivity contribution < 1.29 is 4.79 Å². The molecule has 6 heteroatoms. The predicted octanol–water partition coefficient (Wildman–Crippen LogP) is -0.0623. The fourth-order valence-corrected chi connectivity index (χ4v) is 1.45. The zero-order valence-electron chi connectivity index (χ0n) is 8.97. The quantitative estimate of drug-likeness (QED) is 0.754. The lowest BCUT2D eigenvalue weighted by atomic mass is 10.3. The summed E-state index contributed by atoms with van der Waals surface area (Å²) in [6, 6.07) is 0. The van der Waals surface area contributed by atoms with E-state index in [0.29, 0.717) is 11.2 Å². The minimum atomic E-state index is -0.512. The summed E-state index contributed by atoms with van der Waals surface area (Å²) >= 11 is 0. The van der Waals surface area contributed by atoms with E-state index >= 15 is 0 Å². The van der Waals surface area contributed by atoms with E-state index in [2.05, 4.69) is 15.4 Å². The normalized spacial score (nSPS) is 10.8. The second-order valence-corrected chi connectivity index (χ2v) is 3.43. The fourth-order valence-electron chi connectivity index (χ4n) is 1.45. The molecule has 2 heterocycles. The van der Waals surface area contributed by atoms with Crippen LogP contribution in [0.2, 0.25) is 0 Å². The Balaban J connectivity index is 2.37. The number of hydrogen-bond donors (Lipinski definition) is 2. The molecule has 0 saturated carbocycles. The zero-order chi connectivity index (χ0) is 11.5. The Morgan fingerprint density at radius 3 is 3.06 bits per heavy atom. The maximum Gasteiger partial charge on any atom is 0.254 e. The minimum absolute atomic E-state index is 0.343. The lowest BCUT2D eigenvalue weighted by Gasteiger charge is -2.02. The molecule has 2 aromatic rings. The molecule has 0 unspecified atom stereocenters. The van der Waals surface area contributed by atoms with E-state index in [-0.39, 0.29) is 0 Å². The van der Waals surface area contributed by atoms with Crippen LogP contribution in [0.15, 0.2) is 18.6 Å². The maximum absolute atomic E-state index is 11.0. The van der Waals surface area contributed by atoms with Gasteiger partial charge in [-0.1, -0.05) is 6.92 Å². The van der Waals surface area contributed by atoms with Crippen molar-refractivity contribution in [2.75, 3.05) is 6.54 Å². The van der Waals surface area contributed by atoms with Gasteiger partial charge in [-0.15, -0.1) is 0 Å². The molecule has 0 bridgehead atoms. The highest BCUT2D eigenvalue weighted by Crippen LogP contribution is 2.07. The smallest absolute Gasteiger partial charge is 0.254 e. The van der Waals surface area contributed by atoms with Crippen LogP contribution in [0, 0.1) is 0 Å². The Morgan fingerprint density at radius 1 is 1.56 bits per heavy atom. The van der Waals surface area contributed by atoms with Crippen LogP contribution < -0.4 is 11.1 Å². The maximum atomic E-state index is 11.0. The average Bonchev–Trinajstić information content (AvgIpc) is 2.69. The van der Waals surface area contributed by atoms with Crippen LogP contribution in [0.25, 0.3) is 5.65 Å². The number of nitrogens with one attached hydrogen (secondary N) is 1. The largest absolute Gasteiger partial charge is 0.365 e. The molecule has 3 N–H and O–H groups in total. The highest BCUT2D eigenvalue weighted by Gasteiger charge is 2.10. The molecule has 1 amide bonds. The number of fused-ring (bicyclic) bond motifs is 1. The van der Waals surface area contributed by atoms with Crippen LogP contribution in [-0.4, -0.2) is 27.0 Å². The van der Waals surface area contributed by atoms with Crippen LogP contribution in [0.4, 0.5) is 0 Å². The molecule has 2 aromatic heterocycles. The van der Waals surface area contributed by atoms with Gasteiger partial charge in [0, 0.05) is 24.5 Å². The third-order valence-corrected chi connectivity index (χ3v) is 2.25. The first kappa shape index (κ1) is 10.6. The summed E-state index contributed by atoms with van der Waals surface area (Å²) in [5, 5.41) is 7.22. The summed E-state index contributed by atoms with van der Waals surface area (Å²) in [6.07, 6.45) is 4.98.